The van der Waals surface area contributed by atoms with Crippen molar-refractivity contribution in [3.05, 3.63) is 65.2 Å². The van der Waals surface area contributed by atoms with E-state index >= 15 is 0 Å². The molecule has 0 fully saturated rings. The third-order valence-corrected chi connectivity index (χ3v) is 2.78. The van der Waals surface area contributed by atoms with Crippen LogP contribution in [0.5, 0.6) is 5.75 Å². The van der Waals surface area contributed by atoms with Gasteiger partial charge in [-0.3, -0.25) is 5.41 Å². The monoisotopic (exact) mass is 252 g/mol. The topological polar surface area (TPSA) is 59.1 Å². The van der Waals surface area contributed by atoms with E-state index in [9.17, 15) is 0 Å². The summed E-state index contributed by atoms with van der Waals surface area (Å²) in [6.45, 7) is 0. The Bertz CT molecular complexity index is 600. The lowest BCUT2D eigenvalue weighted by molar-refractivity contribution is 0.415. The van der Waals surface area contributed by atoms with E-state index in [4.69, 9.17) is 15.9 Å². The second-order valence-corrected chi connectivity index (χ2v) is 4.15. The predicted octanol–water partition coefficient (Wildman–Crippen LogP) is 3.15. The SMILES string of the molecule is COc1ccc(C=Cc2cccc(C(=N)N)c2)cc1. The van der Waals surface area contributed by atoms with E-state index in [2.05, 4.69) is 0 Å². The summed E-state index contributed by atoms with van der Waals surface area (Å²) in [7, 11) is 1.65. The van der Waals surface area contributed by atoms with Gasteiger partial charge in [0.1, 0.15) is 11.6 Å². The highest BCUT2D eigenvalue weighted by molar-refractivity contribution is 5.95. The molecule has 3 heteroatoms. The molecule has 2 aromatic carbocycles. The largest absolute Gasteiger partial charge is 0.497 e. The van der Waals surface area contributed by atoms with E-state index in [0.29, 0.717) is 0 Å². The van der Waals surface area contributed by atoms with Gasteiger partial charge in [0.05, 0.1) is 7.11 Å². The van der Waals surface area contributed by atoms with Gasteiger partial charge in [-0.15, -0.1) is 0 Å². The van der Waals surface area contributed by atoms with Crippen molar-refractivity contribution in [1.29, 1.82) is 5.41 Å². The molecule has 0 heterocycles. The summed E-state index contributed by atoms with van der Waals surface area (Å²) >= 11 is 0. The molecule has 19 heavy (non-hydrogen) atoms. The normalized spacial score (nSPS) is 10.6. The summed E-state index contributed by atoms with van der Waals surface area (Å²) < 4.78 is 5.11. The van der Waals surface area contributed by atoms with Gasteiger partial charge in [0, 0.05) is 5.56 Å². The Morgan fingerprint density at radius 1 is 1.05 bits per heavy atom. The summed E-state index contributed by atoms with van der Waals surface area (Å²) in [5, 5.41) is 7.41. The molecule has 3 nitrogen and oxygen atoms in total. The van der Waals surface area contributed by atoms with E-state index in [1.807, 2.05) is 60.7 Å². The maximum Gasteiger partial charge on any atom is 0.122 e. The van der Waals surface area contributed by atoms with E-state index in [-0.39, 0.29) is 5.84 Å². The molecule has 0 amide bonds. The third-order valence-electron chi connectivity index (χ3n) is 2.78. The molecular weight excluding hydrogens is 236 g/mol. The van der Waals surface area contributed by atoms with Gasteiger partial charge >= 0.3 is 0 Å². The maximum absolute atomic E-state index is 7.41. The number of hydrogen-bond acceptors (Lipinski definition) is 2. The average Bonchev–Trinajstić information content (AvgIpc) is 2.46. The molecule has 0 aromatic heterocycles. The van der Waals surface area contributed by atoms with E-state index in [1.165, 1.54) is 0 Å². The first-order valence-electron chi connectivity index (χ1n) is 5.95. The number of rotatable bonds is 4. The van der Waals surface area contributed by atoms with Crippen LogP contribution in [0.4, 0.5) is 0 Å². The van der Waals surface area contributed by atoms with Crippen molar-refractivity contribution in [2.24, 2.45) is 5.73 Å². The van der Waals surface area contributed by atoms with Gasteiger partial charge in [-0.05, 0) is 29.3 Å². The quantitative estimate of drug-likeness (QED) is 0.499. The van der Waals surface area contributed by atoms with Crippen molar-refractivity contribution in [2.45, 2.75) is 0 Å². The van der Waals surface area contributed by atoms with Crippen LogP contribution in [0, 0.1) is 5.41 Å². The second-order valence-electron chi connectivity index (χ2n) is 4.15. The predicted molar refractivity (Wildman–Crippen MR) is 79.4 cm³/mol. The number of benzene rings is 2. The van der Waals surface area contributed by atoms with Gasteiger partial charge in [-0.2, -0.15) is 0 Å². The lowest BCUT2D eigenvalue weighted by Crippen LogP contribution is -2.10. The number of ether oxygens (including phenoxy) is 1. The zero-order chi connectivity index (χ0) is 13.7. The third kappa shape index (κ3) is 3.45. The van der Waals surface area contributed by atoms with Crippen molar-refractivity contribution >= 4 is 18.0 Å². The number of nitrogens with one attached hydrogen (secondary N) is 1. The average molecular weight is 252 g/mol. The van der Waals surface area contributed by atoms with Gasteiger partial charge in [0.2, 0.25) is 0 Å². The Morgan fingerprint density at radius 3 is 2.37 bits per heavy atom. The summed E-state index contributed by atoms with van der Waals surface area (Å²) in [6.07, 6.45) is 4.01. The Labute approximate surface area is 112 Å². The lowest BCUT2D eigenvalue weighted by Gasteiger charge is -2.01. The highest BCUT2D eigenvalue weighted by Crippen LogP contribution is 2.14. The molecule has 0 aliphatic carbocycles. The molecule has 0 bridgehead atoms. The van der Waals surface area contributed by atoms with Crippen molar-refractivity contribution < 1.29 is 4.74 Å². The minimum Gasteiger partial charge on any atom is -0.497 e. The van der Waals surface area contributed by atoms with Crippen molar-refractivity contribution in [1.82, 2.24) is 0 Å². The van der Waals surface area contributed by atoms with Gasteiger partial charge in [-0.25, -0.2) is 0 Å². The van der Waals surface area contributed by atoms with Crippen molar-refractivity contribution in [2.75, 3.05) is 7.11 Å². The molecule has 3 N–H and O–H groups in total. The van der Waals surface area contributed by atoms with Crippen LogP contribution in [-0.4, -0.2) is 12.9 Å². The van der Waals surface area contributed by atoms with Crippen molar-refractivity contribution in [3.63, 3.8) is 0 Å². The van der Waals surface area contributed by atoms with Crippen LogP contribution in [0.25, 0.3) is 12.2 Å². The number of nitrogens with two attached hydrogens (primary N) is 1. The number of nitrogen functional groups attached to an aromatic ring is 1. The summed E-state index contributed by atoms with van der Waals surface area (Å²) in [5.41, 5.74) is 8.31. The van der Waals surface area contributed by atoms with Gasteiger partial charge in [0.25, 0.3) is 0 Å². The molecule has 0 saturated carbocycles. The fourth-order valence-electron chi connectivity index (χ4n) is 1.72. The Kier molecular flexibility index (Phi) is 3.98. The first-order chi connectivity index (χ1) is 9.19. The lowest BCUT2D eigenvalue weighted by atomic mass is 10.1. The highest BCUT2D eigenvalue weighted by atomic mass is 16.5. The summed E-state index contributed by atoms with van der Waals surface area (Å²) in [6, 6.07) is 15.4. The molecule has 0 aliphatic rings. The van der Waals surface area contributed by atoms with Crippen LogP contribution in [0.1, 0.15) is 16.7 Å². The molecule has 0 spiro atoms. The Morgan fingerprint density at radius 2 is 1.74 bits per heavy atom. The minimum atomic E-state index is 0.0831. The number of amidine groups is 1. The van der Waals surface area contributed by atoms with Crippen LogP contribution in [0.3, 0.4) is 0 Å². The molecule has 96 valence electrons. The van der Waals surface area contributed by atoms with Crippen LogP contribution in [0.15, 0.2) is 48.5 Å². The number of methoxy groups -OCH3 is 1. The van der Waals surface area contributed by atoms with Crippen LogP contribution in [0.2, 0.25) is 0 Å². The zero-order valence-electron chi connectivity index (χ0n) is 10.8. The number of hydrogen-bond donors (Lipinski definition) is 2. The van der Waals surface area contributed by atoms with Gasteiger partial charge in [0.15, 0.2) is 0 Å². The Hall–Kier alpha value is -2.55. The fourth-order valence-corrected chi connectivity index (χ4v) is 1.72. The molecule has 0 saturated heterocycles. The maximum atomic E-state index is 7.41. The smallest absolute Gasteiger partial charge is 0.122 e. The fraction of sp³-hybridized carbons (Fsp3) is 0.0625. The molecule has 0 radical (unpaired) electrons. The van der Waals surface area contributed by atoms with E-state index in [1.54, 1.807) is 7.11 Å². The van der Waals surface area contributed by atoms with E-state index < -0.39 is 0 Å². The molecule has 2 rings (SSSR count). The van der Waals surface area contributed by atoms with E-state index in [0.717, 1.165) is 22.4 Å². The zero-order valence-corrected chi connectivity index (χ0v) is 10.8. The highest BCUT2D eigenvalue weighted by Gasteiger charge is 1.96. The molecule has 0 aliphatic heterocycles. The molecular formula is C16H16N2O. The summed E-state index contributed by atoms with van der Waals surface area (Å²) in [5.74, 6) is 0.926. The van der Waals surface area contributed by atoms with Crippen LogP contribution in [-0.2, 0) is 0 Å². The van der Waals surface area contributed by atoms with Crippen molar-refractivity contribution in [3.8, 4) is 5.75 Å². The second kappa shape index (κ2) is 5.87. The van der Waals surface area contributed by atoms with Gasteiger partial charge < -0.3 is 10.5 Å². The first-order valence-corrected chi connectivity index (χ1v) is 5.95. The standard InChI is InChI=1S/C16H16N2O/c1-19-15-9-7-12(8-10-15)5-6-13-3-2-4-14(11-13)16(17)18/h2-11H,1H3,(H3,17,18). The Balaban J connectivity index is 2.17. The summed E-state index contributed by atoms with van der Waals surface area (Å²) in [4.78, 5) is 0. The molecule has 0 atom stereocenters. The molecule has 0 unspecified atom stereocenters. The van der Waals surface area contributed by atoms with Gasteiger partial charge in [-0.1, -0.05) is 42.5 Å². The van der Waals surface area contributed by atoms with Crippen LogP contribution >= 0.6 is 0 Å². The minimum absolute atomic E-state index is 0.0831. The molecule has 2 aromatic rings. The van der Waals surface area contributed by atoms with Crippen LogP contribution < -0.4 is 10.5 Å². The first kappa shape index (κ1) is 12.9.